The van der Waals surface area contributed by atoms with Crippen LogP contribution in [0.4, 0.5) is 0 Å². The summed E-state index contributed by atoms with van der Waals surface area (Å²) >= 11 is 0. The Kier molecular flexibility index (Phi) is 3.68. The van der Waals surface area contributed by atoms with Gasteiger partial charge in [0.25, 0.3) is 0 Å². The fourth-order valence-corrected chi connectivity index (χ4v) is 2.24. The molecule has 0 saturated carbocycles. The summed E-state index contributed by atoms with van der Waals surface area (Å²) in [6.07, 6.45) is 2.00. The summed E-state index contributed by atoms with van der Waals surface area (Å²) < 4.78 is 0. The zero-order valence-electron chi connectivity index (χ0n) is 9.03. The highest BCUT2D eigenvalue weighted by Gasteiger charge is 2.47. The lowest BCUT2D eigenvalue weighted by Crippen LogP contribution is -2.52. The van der Waals surface area contributed by atoms with Gasteiger partial charge in [-0.15, -0.1) is 0 Å². The standard InChI is InChI=1S/C10H18N2O3/c1-2-10(9(14)15)5-3-7-12(10)8(13)4-6-11/h2-7,11H2,1H3,(H,14,15). The highest BCUT2D eigenvalue weighted by Crippen LogP contribution is 2.33. The van der Waals surface area contributed by atoms with Crippen molar-refractivity contribution in [1.82, 2.24) is 4.90 Å². The van der Waals surface area contributed by atoms with E-state index in [0.29, 0.717) is 19.4 Å². The van der Waals surface area contributed by atoms with Crippen LogP contribution in [-0.4, -0.2) is 40.5 Å². The van der Waals surface area contributed by atoms with Crippen LogP contribution in [0, 0.1) is 0 Å². The van der Waals surface area contributed by atoms with Gasteiger partial charge in [-0.1, -0.05) is 6.92 Å². The lowest BCUT2D eigenvalue weighted by Gasteiger charge is -2.33. The highest BCUT2D eigenvalue weighted by molar-refractivity contribution is 5.87. The van der Waals surface area contributed by atoms with Crippen LogP contribution in [0.3, 0.4) is 0 Å². The van der Waals surface area contributed by atoms with E-state index in [9.17, 15) is 14.7 Å². The number of rotatable bonds is 4. The van der Waals surface area contributed by atoms with Crippen LogP contribution in [0.5, 0.6) is 0 Å². The summed E-state index contributed by atoms with van der Waals surface area (Å²) in [6, 6.07) is 0. The second kappa shape index (κ2) is 4.61. The molecule has 3 N–H and O–H groups in total. The molecule has 1 fully saturated rings. The van der Waals surface area contributed by atoms with E-state index < -0.39 is 11.5 Å². The Morgan fingerprint density at radius 2 is 2.20 bits per heavy atom. The topological polar surface area (TPSA) is 83.6 Å². The molecule has 0 bridgehead atoms. The Hall–Kier alpha value is -1.10. The minimum atomic E-state index is -0.980. The maximum absolute atomic E-state index is 11.7. The van der Waals surface area contributed by atoms with E-state index in [1.807, 2.05) is 6.92 Å². The molecule has 86 valence electrons. The van der Waals surface area contributed by atoms with Gasteiger partial charge in [-0.2, -0.15) is 0 Å². The fraction of sp³-hybridized carbons (Fsp3) is 0.800. The zero-order chi connectivity index (χ0) is 11.5. The van der Waals surface area contributed by atoms with Crippen molar-refractivity contribution in [1.29, 1.82) is 0 Å². The van der Waals surface area contributed by atoms with Crippen molar-refractivity contribution in [2.45, 2.75) is 38.1 Å². The van der Waals surface area contributed by atoms with Gasteiger partial charge in [-0.25, -0.2) is 4.79 Å². The number of nitrogens with two attached hydrogens (primary N) is 1. The van der Waals surface area contributed by atoms with Crippen LogP contribution >= 0.6 is 0 Å². The molecular formula is C10H18N2O3. The summed E-state index contributed by atoms with van der Waals surface area (Å²) in [5, 5.41) is 9.23. The summed E-state index contributed by atoms with van der Waals surface area (Å²) in [6.45, 7) is 2.62. The number of carboxylic acid groups (broad SMARTS) is 1. The number of carbonyl (C=O) groups excluding carboxylic acids is 1. The number of amides is 1. The Morgan fingerprint density at radius 1 is 1.53 bits per heavy atom. The molecule has 0 aromatic heterocycles. The van der Waals surface area contributed by atoms with Crippen LogP contribution in [0.1, 0.15) is 32.6 Å². The third-order valence-electron chi connectivity index (χ3n) is 3.13. The molecular weight excluding hydrogens is 196 g/mol. The van der Waals surface area contributed by atoms with Gasteiger partial charge in [0.15, 0.2) is 0 Å². The minimum absolute atomic E-state index is 0.140. The second-order valence-electron chi connectivity index (χ2n) is 3.88. The summed E-state index contributed by atoms with van der Waals surface area (Å²) in [7, 11) is 0. The van der Waals surface area contributed by atoms with E-state index in [1.54, 1.807) is 0 Å². The first-order valence-corrected chi connectivity index (χ1v) is 5.32. The number of likely N-dealkylation sites (tertiary alicyclic amines) is 1. The molecule has 1 amide bonds. The first kappa shape index (κ1) is 12.0. The van der Waals surface area contributed by atoms with Gasteiger partial charge in [0, 0.05) is 19.5 Å². The number of carbonyl (C=O) groups is 2. The lowest BCUT2D eigenvalue weighted by molar-refractivity contribution is -0.156. The maximum Gasteiger partial charge on any atom is 0.329 e. The van der Waals surface area contributed by atoms with Crippen LogP contribution in [-0.2, 0) is 9.59 Å². The van der Waals surface area contributed by atoms with Crippen molar-refractivity contribution in [3.05, 3.63) is 0 Å². The van der Waals surface area contributed by atoms with Crippen LogP contribution < -0.4 is 5.73 Å². The molecule has 5 nitrogen and oxygen atoms in total. The van der Waals surface area contributed by atoms with Gasteiger partial charge in [-0.3, -0.25) is 4.79 Å². The molecule has 15 heavy (non-hydrogen) atoms. The zero-order valence-corrected chi connectivity index (χ0v) is 9.03. The Bertz CT molecular complexity index is 267. The molecule has 5 heteroatoms. The molecule has 1 unspecified atom stereocenters. The van der Waals surface area contributed by atoms with Crippen molar-refractivity contribution in [3.63, 3.8) is 0 Å². The largest absolute Gasteiger partial charge is 0.479 e. The second-order valence-corrected chi connectivity index (χ2v) is 3.88. The average Bonchev–Trinajstić information content (AvgIpc) is 2.62. The van der Waals surface area contributed by atoms with Crippen molar-refractivity contribution < 1.29 is 14.7 Å². The molecule has 0 aromatic carbocycles. The monoisotopic (exact) mass is 214 g/mol. The van der Waals surface area contributed by atoms with E-state index in [0.717, 1.165) is 6.42 Å². The summed E-state index contributed by atoms with van der Waals surface area (Å²) in [5.41, 5.74) is 4.33. The highest BCUT2D eigenvalue weighted by atomic mass is 16.4. The molecule has 0 spiro atoms. The van der Waals surface area contributed by atoms with E-state index >= 15 is 0 Å². The Balaban J connectivity index is 2.87. The summed E-state index contributed by atoms with van der Waals surface area (Å²) in [4.78, 5) is 24.4. The van der Waals surface area contributed by atoms with Gasteiger partial charge in [-0.05, 0) is 19.3 Å². The van der Waals surface area contributed by atoms with E-state index in [2.05, 4.69) is 0 Å². The van der Waals surface area contributed by atoms with Crippen molar-refractivity contribution >= 4 is 11.9 Å². The molecule has 1 aliphatic rings. The van der Waals surface area contributed by atoms with Crippen LogP contribution in [0.2, 0.25) is 0 Å². The maximum atomic E-state index is 11.7. The van der Waals surface area contributed by atoms with Gasteiger partial charge in [0.05, 0.1) is 0 Å². The number of aliphatic carboxylic acids is 1. The fourth-order valence-electron chi connectivity index (χ4n) is 2.24. The SMILES string of the molecule is CCC1(C(=O)O)CCCN1C(=O)CCN. The van der Waals surface area contributed by atoms with Crippen molar-refractivity contribution in [3.8, 4) is 0 Å². The number of nitrogens with zero attached hydrogens (tertiary/aromatic N) is 1. The van der Waals surface area contributed by atoms with Gasteiger partial charge in [0.1, 0.15) is 5.54 Å². The van der Waals surface area contributed by atoms with Crippen LogP contribution in [0.15, 0.2) is 0 Å². The molecule has 1 heterocycles. The van der Waals surface area contributed by atoms with E-state index in [1.165, 1.54) is 4.90 Å². The third kappa shape index (κ3) is 1.97. The number of carboxylic acids is 1. The molecule has 1 atom stereocenters. The average molecular weight is 214 g/mol. The minimum Gasteiger partial charge on any atom is -0.479 e. The number of hydrogen-bond donors (Lipinski definition) is 2. The van der Waals surface area contributed by atoms with Crippen molar-refractivity contribution in [2.24, 2.45) is 5.73 Å². The number of hydrogen-bond acceptors (Lipinski definition) is 3. The quantitative estimate of drug-likeness (QED) is 0.699. The van der Waals surface area contributed by atoms with Gasteiger partial charge >= 0.3 is 5.97 Å². The van der Waals surface area contributed by atoms with Crippen LogP contribution in [0.25, 0.3) is 0 Å². The van der Waals surface area contributed by atoms with Crippen molar-refractivity contribution in [2.75, 3.05) is 13.1 Å². The van der Waals surface area contributed by atoms with Gasteiger partial charge < -0.3 is 15.7 Å². The molecule has 0 aromatic rings. The van der Waals surface area contributed by atoms with E-state index in [-0.39, 0.29) is 18.9 Å². The predicted molar refractivity (Wildman–Crippen MR) is 55.3 cm³/mol. The molecule has 0 aliphatic carbocycles. The predicted octanol–water partition coefficient (Wildman–Crippen LogP) is 0.191. The molecule has 0 radical (unpaired) electrons. The smallest absolute Gasteiger partial charge is 0.329 e. The normalized spacial score (nSPS) is 25.6. The molecule has 1 aliphatic heterocycles. The van der Waals surface area contributed by atoms with Gasteiger partial charge in [0.2, 0.25) is 5.91 Å². The molecule has 1 saturated heterocycles. The first-order chi connectivity index (χ1) is 7.08. The first-order valence-electron chi connectivity index (χ1n) is 5.32. The summed E-state index contributed by atoms with van der Waals surface area (Å²) in [5.74, 6) is -1.04. The molecule has 1 rings (SSSR count). The van der Waals surface area contributed by atoms with E-state index in [4.69, 9.17) is 5.73 Å². The Morgan fingerprint density at radius 3 is 2.67 bits per heavy atom. The third-order valence-corrected chi connectivity index (χ3v) is 3.13. The Labute approximate surface area is 89.2 Å². The lowest BCUT2D eigenvalue weighted by atomic mass is 9.93.